The highest BCUT2D eigenvalue weighted by Gasteiger charge is 2.26. The van der Waals surface area contributed by atoms with Crippen LogP contribution in [0.2, 0.25) is 0 Å². The Hall–Kier alpha value is -3.83. The first-order valence-electron chi connectivity index (χ1n) is 13.2. The zero-order chi connectivity index (χ0) is 26.1. The van der Waals surface area contributed by atoms with Gasteiger partial charge >= 0.3 is 0 Å². The zero-order valence-corrected chi connectivity index (χ0v) is 22.1. The summed E-state index contributed by atoms with van der Waals surface area (Å²) >= 11 is 0. The van der Waals surface area contributed by atoms with E-state index in [0.717, 1.165) is 37.3 Å². The number of para-hydroxylation sites is 1. The topological polar surface area (TPSA) is 54.5 Å². The number of nitrogens with two attached hydrogens (primary N) is 1. The fourth-order valence-corrected chi connectivity index (χ4v) is 5.66. The van der Waals surface area contributed by atoms with E-state index in [4.69, 9.17) is 5.73 Å². The third-order valence-corrected chi connectivity index (χ3v) is 7.64. The van der Waals surface area contributed by atoms with Crippen molar-refractivity contribution < 1.29 is 4.79 Å². The lowest BCUT2D eigenvalue weighted by molar-refractivity contribution is -0.127. The third-order valence-electron chi connectivity index (χ3n) is 7.64. The quantitative estimate of drug-likeness (QED) is 0.455. The van der Waals surface area contributed by atoms with E-state index in [0.29, 0.717) is 12.1 Å². The average molecular weight is 493 g/mol. The van der Waals surface area contributed by atoms with Crippen molar-refractivity contribution in [3.05, 3.63) is 102 Å². The van der Waals surface area contributed by atoms with Crippen LogP contribution in [-0.4, -0.2) is 39.4 Å². The first-order valence-corrected chi connectivity index (χ1v) is 13.2. The highest BCUT2D eigenvalue weighted by atomic mass is 16.2. The smallest absolute Gasteiger partial charge is 0.254 e. The van der Waals surface area contributed by atoms with Gasteiger partial charge in [0.05, 0.1) is 5.69 Å². The van der Waals surface area contributed by atoms with Crippen molar-refractivity contribution in [1.82, 2.24) is 14.4 Å². The van der Waals surface area contributed by atoms with Gasteiger partial charge in [0.25, 0.3) is 5.91 Å². The highest BCUT2D eigenvalue weighted by molar-refractivity contribution is 6.02. The molecule has 0 spiro atoms. The van der Waals surface area contributed by atoms with Crippen molar-refractivity contribution >= 4 is 22.4 Å². The van der Waals surface area contributed by atoms with E-state index >= 15 is 0 Å². The molecule has 0 aliphatic carbocycles. The monoisotopic (exact) mass is 492 g/mol. The van der Waals surface area contributed by atoms with Gasteiger partial charge in [-0.3, -0.25) is 4.79 Å². The molecule has 3 aromatic rings. The molecule has 0 radical (unpaired) electrons. The Morgan fingerprint density at radius 2 is 1.81 bits per heavy atom. The van der Waals surface area contributed by atoms with Crippen molar-refractivity contribution in [3.8, 4) is 11.1 Å². The summed E-state index contributed by atoms with van der Waals surface area (Å²) in [5, 5.41) is 1.25. The van der Waals surface area contributed by atoms with Crippen LogP contribution < -0.4 is 5.73 Å². The van der Waals surface area contributed by atoms with E-state index < -0.39 is 0 Å². The molecule has 2 aliphatic rings. The molecule has 5 rings (SSSR count). The molecule has 1 atom stereocenters. The van der Waals surface area contributed by atoms with Crippen LogP contribution >= 0.6 is 0 Å². The molecule has 1 unspecified atom stereocenters. The molecule has 3 heterocycles. The Bertz CT molecular complexity index is 1440. The van der Waals surface area contributed by atoms with Crippen molar-refractivity contribution in [3.63, 3.8) is 0 Å². The number of hydrogen-bond donors (Lipinski definition) is 1. The normalized spacial score (nSPS) is 18.8. The van der Waals surface area contributed by atoms with Gasteiger partial charge in [0.2, 0.25) is 0 Å². The Morgan fingerprint density at radius 1 is 1.08 bits per heavy atom. The second-order valence-corrected chi connectivity index (χ2v) is 9.99. The number of carbonyl (C=O) groups is 1. The fraction of sp³-hybridized carbons (Fsp3) is 0.281. The van der Waals surface area contributed by atoms with Gasteiger partial charge < -0.3 is 20.1 Å². The number of likely N-dealkylation sites (tertiary alicyclic amines) is 1. The lowest BCUT2D eigenvalue weighted by Gasteiger charge is -2.33. The van der Waals surface area contributed by atoms with Gasteiger partial charge in [-0.15, -0.1) is 0 Å². The van der Waals surface area contributed by atoms with Gasteiger partial charge in [0, 0.05) is 65.3 Å². The van der Waals surface area contributed by atoms with Crippen LogP contribution in [0.1, 0.15) is 39.3 Å². The molecule has 0 saturated carbocycles. The summed E-state index contributed by atoms with van der Waals surface area (Å²) in [4.78, 5) is 17.1. The standard InChI is InChI=1S/C32H36N4O/c1-5-35-29-16-10-9-15-28(29)30(25-12-7-6-8-13-25)31(35)23(3)24(4)36-19-17-26(20-22(36)2)32(37)34-18-11-14-27(33)21-34/h6-10,12-13,15-17,19-20,27H,2,5,11,14,18,21,33H2,1,3-4H3/b24-23+. The molecule has 190 valence electrons. The van der Waals surface area contributed by atoms with Crippen LogP contribution in [0.4, 0.5) is 0 Å². The number of nitrogens with zero attached hydrogens (tertiary/aromatic N) is 3. The van der Waals surface area contributed by atoms with Crippen LogP contribution in [0.5, 0.6) is 0 Å². The number of benzene rings is 2. The molecule has 1 saturated heterocycles. The first-order chi connectivity index (χ1) is 17.9. The number of hydrogen-bond acceptors (Lipinski definition) is 3. The predicted molar refractivity (Wildman–Crippen MR) is 153 cm³/mol. The van der Waals surface area contributed by atoms with E-state index in [1.807, 2.05) is 23.3 Å². The van der Waals surface area contributed by atoms with Crippen molar-refractivity contribution in [2.45, 2.75) is 46.2 Å². The summed E-state index contributed by atoms with van der Waals surface area (Å²) in [5.41, 5.74) is 14.7. The predicted octanol–water partition coefficient (Wildman–Crippen LogP) is 6.30. The van der Waals surface area contributed by atoms with E-state index in [9.17, 15) is 4.79 Å². The Morgan fingerprint density at radius 3 is 2.51 bits per heavy atom. The molecule has 5 heteroatoms. The Kier molecular flexibility index (Phi) is 6.90. The van der Waals surface area contributed by atoms with Crippen LogP contribution in [0, 0.1) is 0 Å². The molecular formula is C32H36N4O. The molecule has 2 aliphatic heterocycles. The van der Waals surface area contributed by atoms with Gasteiger partial charge in [-0.25, -0.2) is 0 Å². The first kappa shape index (κ1) is 24.8. The zero-order valence-electron chi connectivity index (χ0n) is 22.1. The number of rotatable bonds is 5. The molecule has 5 nitrogen and oxygen atoms in total. The summed E-state index contributed by atoms with van der Waals surface area (Å²) in [7, 11) is 0. The summed E-state index contributed by atoms with van der Waals surface area (Å²) in [6, 6.07) is 19.3. The Balaban J connectivity index is 1.54. The maximum atomic E-state index is 13.1. The average Bonchev–Trinajstić information content (AvgIpc) is 3.26. The molecule has 37 heavy (non-hydrogen) atoms. The van der Waals surface area contributed by atoms with Crippen LogP contribution in [-0.2, 0) is 11.3 Å². The minimum atomic E-state index is 0.0306. The fourth-order valence-electron chi connectivity index (χ4n) is 5.66. The van der Waals surface area contributed by atoms with Gasteiger partial charge in [0.15, 0.2) is 0 Å². The molecule has 2 N–H and O–H groups in total. The van der Waals surface area contributed by atoms with E-state index in [-0.39, 0.29) is 11.9 Å². The number of carbonyl (C=O) groups excluding carboxylic acids is 1. The van der Waals surface area contributed by atoms with E-state index in [2.05, 4.69) is 91.4 Å². The van der Waals surface area contributed by atoms with Gasteiger partial charge in [0.1, 0.15) is 0 Å². The number of amides is 1. The third kappa shape index (κ3) is 4.56. The van der Waals surface area contributed by atoms with Gasteiger partial charge in [-0.05, 0) is 63.0 Å². The maximum Gasteiger partial charge on any atom is 0.254 e. The lowest BCUT2D eigenvalue weighted by Crippen LogP contribution is -2.46. The summed E-state index contributed by atoms with van der Waals surface area (Å²) in [6.45, 7) is 13.1. The minimum Gasteiger partial charge on any atom is -0.340 e. The number of aromatic nitrogens is 1. The molecule has 1 amide bonds. The lowest BCUT2D eigenvalue weighted by atomic mass is 9.97. The van der Waals surface area contributed by atoms with Crippen LogP contribution in [0.25, 0.3) is 27.6 Å². The van der Waals surface area contributed by atoms with Crippen LogP contribution in [0.15, 0.2) is 96.5 Å². The summed E-state index contributed by atoms with van der Waals surface area (Å²) < 4.78 is 2.40. The second kappa shape index (κ2) is 10.3. The van der Waals surface area contributed by atoms with Crippen molar-refractivity contribution in [1.29, 1.82) is 0 Å². The molecule has 1 fully saturated rings. The summed E-state index contributed by atoms with van der Waals surface area (Å²) in [6.07, 6.45) is 7.70. The van der Waals surface area contributed by atoms with Crippen molar-refractivity contribution in [2.24, 2.45) is 5.73 Å². The molecule has 0 bridgehead atoms. The maximum absolute atomic E-state index is 13.1. The minimum absolute atomic E-state index is 0.0306. The van der Waals surface area contributed by atoms with Gasteiger partial charge in [-0.1, -0.05) is 55.1 Å². The second-order valence-electron chi connectivity index (χ2n) is 9.99. The molecule has 1 aromatic heterocycles. The number of fused-ring (bicyclic) bond motifs is 1. The van der Waals surface area contributed by atoms with E-state index in [1.54, 1.807) is 0 Å². The SMILES string of the molecule is C=C1C=C(C(=O)N2CCCC(N)C2)C=CN1/C(C)=C(\C)c1c(-c2ccccc2)c2ccccc2n1CC. The number of allylic oxidation sites excluding steroid dienone is 3. The molecule has 2 aromatic carbocycles. The van der Waals surface area contributed by atoms with Gasteiger partial charge in [-0.2, -0.15) is 0 Å². The number of piperidine rings is 1. The highest BCUT2D eigenvalue weighted by Crippen LogP contribution is 2.40. The number of aryl methyl sites for hydroxylation is 1. The van der Waals surface area contributed by atoms with Crippen LogP contribution in [0.3, 0.4) is 0 Å². The Labute approximate surface area is 219 Å². The van der Waals surface area contributed by atoms with E-state index in [1.165, 1.54) is 33.3 Å². The largest absolute Gasteiger partial charge is 0.340 e. The molecular weight excluding hydrogens is 456 g/mol. The van der Waals surface area contributed by atoms with Crippen molar-refractivity contribution in [2.75, 3.05) is 13.1 Å². The summed E-state index contributed by atoms with van der Waals surface area (Å²) in [5.74, 6) is 0.0306.